The smallest absolute Gasteiger partial charge is 0.329 e. The normalized spacial score (nSPS) is 12.0. The number of carbonyl (C=O) groups excluding carboxylic acids is 2. The van der Waals surface area contributed by atoms with Crippen molar-refractivity contribution in [2.24, 2.45) is 0 Å². The van der Waals surface area contributed by atoms with Crippen LogP contribution < -0.4 is 5.32 Å². The highest BCUT2D eigenvalue weighted by Gasteiger charge is 2.38. The Kier molecular flexibility index (Phi) is 14.4. The molecule has 0 radical (unpaired) electrons. The first-order valence-electron chi connectivity index (χ1n) is 13.7. The van der Waals surface area contributed by atoms with Crippen LogP contribution in [0.3, 0.4) is 0 Å². The highest BCUT2D eigenvalue weighted by Crippen LogP contribution is 2.48. The number of ether oxygens (including phenoxy) is 4. The molecule has 0 saturated carbocycles. The van der Waals surface area contributed by atoms with Crippen LogP contribution >= 0.6 is 11.8 Å². The van der Waals surface area contributed by atoms with Crippen molar-refractivity contribution in [1.82, 2.24) is 5.32 Å². The number of hydrogen-bond acceptors (Lipinski definition) is 8. The quantitative estimate of drug-likeness (QED) is 0.125. The van der Waals surface area contributed by atoms with E-state index < -0.39 is 16.8 Å². The Morgan fingerprint density at radius 3 is 1.54 bits per heavy atom. The van der Waals surface area contributed by atoms with Crippen LogP contribution in [0.4, 0.5) is 0 Å². The minimum Gasteiger partial charge on any atom is -0.462 e. The first kappa shape index (κ1) is 32.3. The van der Waals surface area contributed by atoms with E-state index in [1.807, 2.05) is 54.6 Å². The third kappa shape index (κ3) is 10.3. The zero-order valence-electron chi connectivity index (χ0n) is 23.4. The number of aliphatic hydroxyl groups excluding tert-OH is 1. The van der Waals surface area contributed by atoms with Crippen LogP contribution in [0.15, 0.2) is 91.0 Å². The van der Waals surface area contributed by atoms with Gasteiger partial charge in [-0.3, -0.25) is 4.79 Å². The van der Waals surface area contributed by atoms with Gasteiger partial charge in [-0.05, 0) is 16.7 Å². The number of thioether (sulfide) groups is 1. The molecule has 1 atom stereocenters. The summed E-state index contributed by atoms with van der Waals surface area (Å²) in [5.41, 5.74) is 3.19. The minimum absolute atomic E-state index is 0.0166. The lowest BCUT2D eigenvalue weighted by Crippen LogP contribution is -2.44. The number of benzene rings is 3. The van der Waals surface area contributed by atoms with Gasteiger partial charge in [-0.25, -0.2) is 4.79 Å². The van der Waals surface area contributed by atoms with Crippen molar-refractivity contribution in [3.8, 4) is 0 Å². The van der Waals surface area contributed by atoms with E-state index in [0.29, 0.717) is 26.4 Å². The zero-order valence-corrected chi connectivity index (χ0v) is 24.2. The summed E-state index contributed by atoms with van der Waals surface area (Å²) in [5.74, 6) is -0.547. The molecule has 41 heavy (non-hydrogen) atoms. The maximum absolute atomic E-state index is 13.1. The summed E-state index contributed by atoms with van der Waals surface area (Å²) in [6.07, 6.45) is 0. The Morgan fingerprint density at radius 1 is 0.707 bits per heavy atom. The Morgan fingerprint density at radius 2 is 1.12 bits per heavy atom. The summed E-state index contributed by atoms with van der Waals surface area (Å²) in [5, 5.41) is 11.4. The Bertz CT molecular complexity index is 1050. The molecule has 0 aromatic heterocycles. The average Bonchev–Trinajstić information content (AvgIpc) is 3.01. The van der Waals surface area contributed by atoms with Crippen LogP contribution in [0.5, 0.6) is 0 Å². The molecule has 0 bridgehead atoms. The van der Waals surface area contributed by atoms with Gasteiger partial charge in [0.2, 0.25) is 5.91 Å². The number of carbonyl (C=O) groups is 2. The van der Waals surface area contributed by atoms with Gasteiger partial charge in [0, 0.05) is 12.7 Å². The molecule has 0 aliphatic rings. The van der Waals surface area contributed by atoms with E-state index in [-0.39, 0.29) is 38.1 Å². The van der Waals surface area contributed by atoms with Crippen molar-refractivity contribution in [1.29, 1.82) is 0 Å². The molecule has 3 aromatic carbocycles. The molecule has 3 aromatic rings. The van der Waals surface area contributed by atoms with Gasteiger partial charge in [-0.1, -0.05) is 91.0 Å². The maximum Gasteiger partial charge on any atom is 0.329 e. The summed E-state index contributed by atoms with van der Waals surface area (Å²) in [6, 6.07) is 29.6. The van der Waals surface area contributed by atoms with Crippen LogP contribution in [0.1, 0.15) is 23.6 Å². The molecule has 8 nitrogen and oxygen atoms in total. The number of nitrogens with one attached hydrogen (secondary N) is 1. The molecule has 1 amide bonds. The summed E-state index contributed by atoms with van der Waals surface area (Å²) in [6.45, 7) is 3.45. The Balaban J connectivity index is 1.66. The van der Waals surface area contributed by atoms with Gasteiger partial charge in [0.15, 0.2) is 0 Å². The summed E-state index contributed by atoms with van der Waals surface area (Å²) < 4.78 is 20.8. The lowest BCUT2D eigenvalue weighted by atomic mass is 9.84. The lowest BCUT2D eigenvalue weighted by Gasteiger charge is -2.36. The summed E-state index contributed by atoms with van der Waals surface area (Å²) in [7, 11) is 0. The summed E-state index contributed by atoms with van der Waals surface area (Å²) >= 11 is 1.58. The van der Waals surface area contributed by atoms with Gasteiger partial charge in [0.25, 0.3) is 0 Å². The fraction of sp³-hybridized carbons (Fsp3) is 0.375. The third-order valence-corrected chi connectivity index (χ3v) is 7.76. The molecule has 0 spiro atoms. The molecular weight excluding hydrogens is 542 g/mol. The predicted molar refractivity (Wildman–Crippen MR) is 160 cm³/mol. The molecule has 3 rings (SSSR count). The van der Waals surface area contributed by atoms with E-state index in [2.05, 4.69) is 41.7 Å². The SMILES string of the molecule is CC(=O)N[C@@H](CSC(c1ccccc1)(c1ccccc1)c1ccccc1)C(=O)OCCOCCOCCOCCO. The van der Waals surface area contributed by atoms with E-state index in [1.54, 1.807) is 11.8 Å². The second-order valence-electron chi connectivity index (χ2n) is 9.07. The fourth-order valence-electron chi connectivity index (χ4n) is 4.30. The van der Waals surface area contributed by atoms with E-state index >= 15 is 0 Å². The lowest BCUT2D eigenvalue weighted by molar-refractivity contribution is -0.148. The third-order valence-electron chi connectivity index (χ3n) is 6.12. The van der Waals surface area contributed by atoms with Gasteiger partial charge in [0.05, 0.1) is 51.0 Å². The van der Waals surface area contributed by atoms with Crippen LogP contribution in [0.25, 0.3) is 0 Å². The molecule has 2 N–H and O–H groups in total. The van der Waals surface area contributed by atoms with Crippen molar-refractivity contribution >= 4 is 23.6 Å². The van der Waals surface area contributed by atoms with Crippen LogP contribution in [-0.4, -0.2) is 81.6 Å². The molecule has 0 aliphatic carbocycles. The van der Waals surface area contributed by atoms with Crippen molar-refractivity contribution < 1.29 is 33.6 Å². The Hall–Kier alpha value is -3.21. The van der Waals surface area contributed by atoms with Crippen LogP contribution in [0, 0.1) is 0 Å². The van der Waals surface area contributed by atoms with Gasteiger partial charge in [-0.2, -0.15) is 0 Å². The molecule has 0 unspecified atom stereocenters. The van der Waals surface area contributed by atoms with Crippen molar-refractivity contribution in [2.75, 3.05) is 58.6 Å². The number of aliphatic hydroxyl groups is 1. The highest BCUT2D eigenvalue weighted by atomic mass is 32.2. The van der Waals surface area contributed by atoms with Crippen LogP contribution in [-0.2, 0) is 33.3 Å². The number of rotatable bonds is 19. The van der Waals surface area contributed by atoms with Gasteiger partial charge >= 0.3 is 5.97 Å². The first-order valence-corrected chi connectivity index (χ1v) is 14.6. The monoisotopic (exact) mass is 581 g/mol. The van der Waals surface area contributed by atoms with Crippen LogP contribution in [0.2, 0.25) is 0 Å². The average molecular weight is 582 g/mol. The van der Waals surface area contributed by atoms with Gasteiger partial charge < -0.3 is 29.4 Å². The molecule has 0 heterocycles. The second-order valence-corrected chi connectivity index (χ2v) is 10.3. The Labute approximate surface area is 246 Å². The van der Waals surface area contributed by atoms with Crippen molar-refractivity contribution in [2.45, 2.75) is 17.7 Å². The topological polar surface area (TPSA) is 103 Å². The van der Waals surface area contributed by atoms with Gasteiger partial charge in [-0.15, -0.1) is 11.8 Å². The van der Waals surface area contributed by atoms with E-state index in [0.717, 1.165) is 16.7 Å². The van der Waals surface area contributed by atoms with E-state index in [1.165, 1.54) is 6.92 Å². The van der Waals surface area contributed by atoms with Crippen molar-refractivity contribution in [3.63, 3.8) is 0 Å². The molecule has 0 saturated heterocycles. The molecule has 0 aliphatic heterocycles. The minimum atomic E-state index is -0.852. The molecule has 220 valence electrons. The maximum atomic E-state index is 13.1. The largest absolute Gasteiger partial charge is 0.462 e. The molecule has 0 fully saturated rings. The number of hydrogen-bond donors (Lipinski definition) is 2. The predicted octanol–water partition coefficient (Wildman–Crippen LogP) is 3.80. The standard InChI is InChI=1S/C32H39NO7S/c1-26(35)33-30(31(36)40-24-23-39-22-21-38-20-19-37-18-17-34)25-41-32(27-11-5-2-6-12-27,28-13-7-3-8-14-28)29-15-9-4-10-16-29/h2-16,30,34H,17-25H2,1H3,(H,33,35)/t30-/m0/s1. The van der Waals surface area contributed by atoms with E-state index in [4.69, 9.17) is 24.1 Å². The number of esters is 1. The zero-order chi connectivity index (χ0) is 29.2. The van der Waals surface area contributed by atoms with Gasteiger partial charge in [0.1, 0.15) is 12.6 Å². The molecular formula is C32H39NO7S. The number of amides is 1. The van der Waals surface area contributed by atoms with E-state index in [9.17, 15) is 9.59 Å². The molecule has 9 heteroatoms. The summed E-state index contributed by atoms with van der Waals surface area (Å²) in [4.78, 5) is 25.2. The van der Waals surface area contributed by atoms with Crippen molar-refractivity contribution in [3.05, 3.63) is 108 Å². The first-order chi connectivity index (χ1) is 20.1. The highest BCUT2D eigenvalue weighted by molar-refractivity contribution is 8.00. The fourth-order valence-corrected chi connectivity index (χ4v) is 5.84. The second kappa shape index (κ2) is 18.3.